The van der Waals surface area contributed by atoms with Gasteiger partial charge >= 0.3 is 0 Å². The number of nitrogens with two attached hydrogens (primary N) is 1. The lowest BCUT2D eigenvalue weighted by molar-refractivity contribution is -0.127. The molecule has 0 aliphatic carbocycles. The second kappa shape index (κ2) is 4.97. The van der Waals surface area contributed by atoms with Crippen LogP contribution in [0, 0.1) is 0 Å². The van der Waals surface area contributed by atoms with Gasteiger partial charge in [0, 0.05) is 25.2 Å². The molecule has 74 valence electrons. The molecule has 1 rings (SSSR count). The third kappa shape index (κ3) is 3.14. The van der Waals surface area contributed by atoms with Gasteiger partial charge in [0.15, 0.2) is 0 Å². The maximum Gasteiger partial charge on any atom is 0.246 e. The van der Waals surface area contributed by atoms with Crippen molar-refractivity contribution in [1.29, 1.82) is 0 Å². The number of carbonyl (C=O) groups excluding carboxylic acids is 1. The molecule has 13 heavy (non-hydrogen) atoms. The van der Waals surface area contributed by atoms with Crippen molar-refractivity contribution in [2.75, 3.05) is 19.8 Å². The minimum atomic E-state index is -0.584. The number of hydrogen-bond donors (Lipinski definition) is 1. The molecule has 0 bridgehead atoms. The first-order valence-corrected chi connectivity index (χ1v) is 4.51. The smallest absolute Gasteiger partial charge is 0.246 e. The summed E-state index contributed by atoms with van der Waals surface area (Å²) in [5, 5.41) is 0. The summed E-state index contributed by atoms with van der Waals surface area (Å²) >= 11 is 0. The van der Waals surface area contributed by atoms with Crippen LogP contribution in [-0.4, -0.2) is 36.6 Å². The summed E-state index contributed by atoms with van der Waals surface area (Å²) in [6, 6.07) is 0.217. The van der Waals surface area contributed by atoms with Gasteiger partial charge in [-0.2, -0.15) is 0 Å². The molecule has 0 unspecified atom stereocenters. The molecule has 1 aliphatic heterocycles. The molecule has 0 saturated carbocycles. The van der Waals surface area contributed by atoms with Crippen molar-refractivity contribution < 1.29 is 9.18 Å². The van der Waals surface area contributed by atoms with Gasteiger partial charge < -0.3 is 10.6 Å². The lowest BCUT2D eigenvalue weighted by Gasteiger charge is -2.29. The van der Waals surface area contributed by atoms with E-state index in [1.807, 2.05) is 0 Å². The Morgan fingerprint density at radius 1 is 1.54 bits per heavy atom. The summed E-state index contributed by atoms with van der Waals surface area (Å²) in [6.45, 7) is 0.798. The number of amides is 1. The molecule has 1 aliphatic rings. The predicted octanol–water partition coefficient (Wildman–Crippen LogP) is 0.462. The Balaban J connectivity index is 2.36. The van der Waals surface area contributed by atoms with E-state index < -0.39 is 6.67 Å². The lowest BCUT2D eigenvalue weighted by Crippen LogP contribution is -2.42. The monoisotopic (exact) mass is 186 g/mol. The van der Waals surface area contributed by atoms with E-state index in [0.717, 1.165) is 12.8 Å². The second-order valence-electron chi connectivity index (χ2n) is 3.22. The molecular formula is C9H15FN2O. The Kier molecular flexibility index (Phi) is 3.89. The molecule has 0 atom stereocenters. The molecule has 0 spiro atoms. The molecule has 0 aromatic carbocycles. The minimum Gasteiger partial charge on any atom is -0.339 e. The van der Waals surface area contributed by atoms with Crippen molar-refractivity contribution >= 4 is 5.91 Å². The summed E-state index contributed by atoms with van der Waals surface area (Å²) in [5.74, 6) is -0.107. The molecule has 4 heteroatoms. The Morgan fingerprint density at radius 2 is 2.15 bits per heavy atom. The highest BCUT2D eigenvalue weighted by Gasteiger charge is 2.18. The van der Waals surface area contributed by atoms with Crippen LogP contribution in [0.3, 0.4) is 0 Å². The van der Waals surface area contributed by atoms with Gasteiger partial charge in [-0.05, 0) is 18.9 Å². The molecule has 1 saturated heterocycles. The Labute approximate surface area is 77.4 Å². The van der Waals surface area contributed by atoms with E-state index in [9.17, 15) is 9.18 Å². The first-order valence-electron chi connectivity index (χ1n) is 4.51. The number of piperidine rings is 1. The molecule has 1 amide bonds. The number of nitrogens with zero attached hydrogens (tertiary/aromatic N) is 1. The summed E-state index contributed by atoms with van der Waals surface area (Å²) < 4.78 is 11.7. The highest BCUT2D eigenvalue weighted by Crippen LogP contribution is 2.08. The molecule has 2 N–H and O–H groups in total. The fourth-order valence-corrected chi connectivity index (χ4v) is 1.37. The average molecular weight is 186 g/mol. The fourth-order valence-electron chi connectivity index (χ4n) is 1.37. The standard InChI is InChI=1S/C9H15FN2O/c10-5-1-2-9(13)12-6-3-8(11)4-7-12/h1-2,8H,3-7,11H2/b2-1+. The third-order valence-electron chi connectivity index (χ3n) is 2.20. The van der Waals surface area contributed by atoms with Crippen LogP contribution < -0.4 is 5.73 Å². The summed E-state index contributed by atoms with van der Waals surface area (Å²) in [6.07, 6.45) is 4.21. The maximum absolute atomic E-state index is 11.7. The molecule has 0 aromatic rings. The fraction of sp³-hybridized carbons (Fsp3) is 0.667. The summed E-state index contributed by atoms with van der Waals surface area (Å²) in [4.78, 5) is 13.0. The third-order valence-corrected chi connectivity index (χ3v) is 2.20. The first-order chi connectivity index (χ1) is 6.24. The van der Waals surface area contributed by atoms with Gasteiger partial charge in [0.1, 0.15) is 6.67 Å². The topological polar surface area (TPSA) is 46.3 Å². The quantitative estimate of drug-likeness (QED) is 0.637. The SMILES string of the molecule is NC1CCN(C(=O)/C=C/CF)CC1. The Morgan fingerprint density at radius 3 is 2.69 bits per heavy atom. The second-order valence-corrected chi connectivity index (χ2v) is 3.22. The van der Waals surface area contributed by atoms with Gasteiger partial charge in [-0.15, -0.1) is 0 Å². The zero-order chi connectivity index (χ0) is 9.68. The number of allylic oxidation sites excluding steroid dienone is 1. The van der Waals surface area contributed by atoms with Crippen molar-refractivity contribution in [3.8, 4) is 0 Å². The average Bonchev–Trinajstić information content (AvgIpc) is 2.15. The van der Waals surface area contributed by atoms with Crippen molar-refractivity contribution in [3.05, 3.63) is 12.2 Å². The number of carbonyl (C=O) groups is 1. The molecule has 1 heterocycles. The minimum absolute atomic E-state index is 0.107. The van der Waals surface area contributed by atoms with E-state index >= 15 is 0 Å². The molecule has 0 aromatic heterocycles. The van der Waals surface area contributed by atoms with E-state index in [4.69, 9.17) is 5.73 Å². The molecular weight excluding hydrogens is 171 g/mol. The van der Waals surface area contributed by atoms with E-state index in [0.29, 0.717) is 13.1 Å². The van der Waals surface area contributed by atoms with Gasteiger partial charge in [0.2, 0.25) is 5.91 Å². The van der Waals surface area contributed by atoms with Crippen LogP contribution in [-0.2, 0) is 4.79 Å². The highest BCUT2D eigenvalue weighted by molar-refractivity contribution is 5.87. The van der Waals surface area contributed by atoms with Crippen LogP contribution in [0.2, 0.25) is 0 Å². The van der Waals surface area contributed by atoms with E-state index in [2.05, 4.69) is 0 Å². The number of likely N-dealkylation sites (tertiary alicyclic amines) is 1. The normalized spacial score (nSPS) is 19.7. The van der Waals surface area contributed by atoms with E-state index in [-0.39, 0.29) is 11.9 Å². The van der Waals surface area contributed by atoms with Crippen LogP contribution in [0.15, 0.2) is 12.2 Å². The molecule has 0 radical (unpaired) electrons. The van der Waals surface area contributed by atoms with Gasteiger partial charge in [-0.3, -0.25) is 4.79 Å². The number of alkyl halides is 1. The van der Waals surface area contributed by atoms with Gasteiger partial charge in [0.25, 0.3) is 0 Å². The summed E-state index contributed by atoms with van der Waals surface area (Å²) in [5.41, 5.74) is 5.68. The van der Waals surface area contributed by atoms with Crippen molar-refractivity contribution in [3.63, 3.8) is 0 Å². The van der Waals surface area contributed by atoms with E-state index in [1.165, 1.54) is 12.2 Å². The summed E-state index contributed by atoms with van der Waals surface area (Å²) in [7, 11) is 0. The zero-order valence-electron chi connectivity index (χ0n) is 7.58. The first kappa shape index (κ1) is 10.2. The van der Waals surface area contributed by atoms with Crippen molar-refractivity contribution in [1.82, 2.24) is 4.90 Å². The Hall–Kier alpha value is -0.900. The van der Waals surface area contributed by atoms with Gasteiger partial charge in [-0.25, -0.2) is 4.39 Å². The number of hydrogen-bond acceptors (Lipinski definition) is 2. The Bertz CT molecular complexity index is 198. The predicted molar refractivity (Wildman–Crippen MR) is 48.9 cm³/mol. The molecule has 3 nitrogen and oxygen atoms in total. The zero-order valence-corrected chi connectivity index (χ0v) is 7.58. The van der Waals surface area contributed by atoms with Crippen LogP contribution >= 0.6 is 0 Å². The van der Waals surface area contributed by atoms with E-state index in [1.54, 1.807) is 4.90 Å². The molecule has 1 fully saturated rings. The van der Waals surface area contributed by atoms with Crippen molar-refractivity contribution in [2.24, 2.45) is 5.73 Å². The number of rotatable bonds is 2. The van der Waals surface area contributed by atoms with Gasteiger partial charge in [0.05, 0.1) is 0 Å². The number of halogens is 1. The van der Waals surface area contributed by atoms with Crippen molar-refractivity contribution in [2.45, 2.75) is 18.9 Å². The van der Waals surface area contributed by atoms with Crippen LogP contribution in [0.25, 0.3) is 0 Å². The van der Waals surface area contributed by atoms with Gasteiger partial charge in [-0.1, -0.05) is 0 Å². The largest absolute Gasteiger partial charge is 0.339 e. The van der Waals surface area contributed by atoms with Crippen LogP contribution in [0.4, 0.5) is 4.39 Å². The van der Waals surface area contributed by atoms with Crippen LogP contribution in [0.5, 0.6) is 0 Å². The lowest BCUT2D eigenvalue weighted by atomic mass is 10.1. The van der Waals surface area contributed by atoms with Crippen LogP contribution in [0.1, 0.15) is 12.8 Å². The highest BCUT2D eigenvalue weighted by atomic mass is 19.1. The maximum atomic E-state index is 11.7.